The molecule has 3 atom stereocenters. The second-order valence-corrected chi connectivity index (χ2v) is 12.2. The fraction of sp³-hybridized carbons (Fsp3) is 0.708. The topological polar surface area (TPSA) is 94.2 Å². The highest BCUT2D eigenvalue weighted by Gasteiger charge is 2.59. The Labute approximate surface area is 197 Å². The van der Waals surface area contributed by atoms with Gasteiger partial charge in [0.15, 0.2) is 0 Å². The molecule has 0 aromatic heterocycles. The fourth-order valence-corrected chi connectivity index (χ4v) is 7.57. The van der Waals surface area contributed by atoms with Crippen LogP contribution in [0.3, 0.4) is 0 Å². The monoisotopic (exact) mass is 480 g/mol. The van der Waals surface area contributed by atoms with E-state index in [1.807, 2.05) is 0 Å². The number of sulfonamides is 1. The second kappa shape index (κ2) is 9.17. The number of nitrogens with zero attached hydrogens (tertiary/aromatic N) is 1. The van der Waals surface area contributed by atoms with Crippen molar-refractivity contribution in [3.63, 3.8) is 0 Å². The summed E-state index contributed by atoms with van der Waals surface area (Å²) in [4.78, 5) is 13.3. The van der Waals surface area contributed by atoms with Crippen LogP contribution in [0, 0.1) is 16.7 Å². The maximum absolute atomic E-state index is 13.4. The number of nitrogens with one attached hydrogen (secondary N) is 1. The molecule has 0 spiro atoms. The van der Waals surface area contributed by atoms with Crippen molar-refractivity contribution >= 4 is 15.9 Å². The lowest BCUT2D eigenvalue weighted by Gasteiger charge is -2.43. The molecule has 1 aliphatic heterocycles. The first kappa shape index (κ1) is 24.4. The molecule has 2 aliphatic carbocycles. The summed E-state index contributed by atoms with van der Waals surface area (Å²) in [5.74, 6) is 0.577. The maximum Gasteiger partial charge on any atom is 0.251 e. The second-order valence-electron chi connectivity index (χ2n) is 10.3. The molecular formula is C24H36N2O6S. The Kier molecular flexibility index (Phi) is 6.79. The largest absolute Gasteiger partial charge is 0.490 e. The number of benzene rings is 1. The molecule has 1 heterocycles. The lowest BCUT2D eigenvalue weighted by atomic mass is 9.68. The van der Waals surface area contributed by atoms with Crippen LogP contribution in [-0.2, 0) is 19.5 Å². The maximum atomic E-state index is 13.4. The molecule has 1 aromatic carbocycles. The third kappa shape index (κ3) is 4.52. The summed E-state index contributed by atoms with van der Waals surface area (Å²) >= 11 is 0. The molecule has 1 amide bonds. The summed E-state index contributed by atoms with van der Waals surface area (Å²) in [5, 5.41) is 3.26. The zero-order chi connectivity index (χ0) is 23.9. The highest BCUT2D eigenvalue weighted by Crippen LogP contribution is 2.62. The quantitative estimate of drug-likeness (QED) is 0.575. The molecule has 33 heavy (non-hydrogen) atoms. The molecule has 3 aliphatic rings. The molecule has 3 fully saturated rings. The van der Waals surface area contributed by atoms with Crippen molar-refractivity contribution in [1.29, 1.82) is 0 Å². The zero-order valence-electron chi connectivity index (χ0n) is 20.1. The number of carbonyl (C=O) groups is 1. The highest BCUT2D eigenvalue weighted by molar-refractivity contribution is 7.89. The third-order valence-electron chi connectivity index (χ3n) is 7.88. The van der Waals surface area contributed by atoms with Crippen LogP contribution in [-0.4, -0.2) is 71.3 Å². The minimum atomic E-state index is -3.85. The van der Waals surface area contributed by atoms with E-state index in [9.17, 15) is 13.2 Å². The van der Waals surface area contributed by atoms with Gasteiger partial charge < -0.3 is 19.5 Å². The molecule has 4 rings (SSSR count). The van der Waals surface area contributed by atoms with Crippen LogP contribution < -0.4 is 10.1 Å². The molecule has 1 aromatic rings. The molecule has 1 N–H and O–H groups in total. The Morgan fingerprint density at radius 1 is 1.21 bits per heavy atom. The van der Waals surface area contributed by atoms with Crippen molar-refractivity contribution in [3.05, 3.63) is 23.8 Å². The molecule has 0 radical (unpaired) electrons. The van der Waals surface area contributed by atoms with Gasteiger partial charge in [-0.2, -0.15) is 4.31 Å². The molecule has 184 valence electrons. The number of carbonyl (C=O) groups excluding carboxylic acids is 1. The van der Waals surface area contributed by atoms with Crippen LogP contribution in [0.5, 0.6) is 5.75 Å². The summed E-state index contributed by atoms with van der Waals surface area (Å²) in [6, 6.07) is 4.71. The van der Waals surface area contributed by atoms with Gasteiger partial charge in [0.05, 0.1) is 19.8 Å². The SMILES string of the molecule is COCCOc1ccc(C(=O)NC2C(C)(C)[C@H]3CC[C@@]2(C)C3)cc1S(=O)(=O)N1CCOCC1. The number of hydrogen-bond acceptors (Lipinski definition) is 6. The van der Waals surface area contributed by atoms with Crippen LogP contribution in [0.25, 0.3) is 0 Å². The van der Waals surface area contributed by atoms with Gasteiger partial charge in [-0.1, -0.05) is 20.8 Å². The van der Waals surface area contributed by atoms with Crippen LogP contribution in [0.1, 0.15) is 50.4 Å². The van der Waals surface area contributed by atoms with E-state index in [-0.39, 0.29) is 53.1 Å². The lowest BCUT2D eigenvalue weighted by Crippen LogP contribution is -2.52. The molecule has 2 bridgehead atoms. The Morgan fingerprint density at radius 2 is 1.94 bits per heavy atom. The van der Waals surface area contributed by atoms with Crippen LogP contribution in [0.15, 0.2) is 23.1 Å². The first-order chi connectivity index (χ1) is 15.6. The van der Waals surface area contributed by atoms with Crippen molar-refractivity contribution in [1.82, 2.24) is 9.62 Å². The van der Waals surface area contributed by atoms with Crippen LogP contribution in [0.2, 0.25) is 0 Å². The van der Waals surface area contributed by atoms with Gasteiger partial charge in [-0.05, 0) is 54.2 Å². The smallest absolute Gasteiger partial charge is 0.251 e. The Balaban J connectivity index is 1.62. The van der Waals surface area contributed by atoms with Gasteiger partial charge in [0, 0.05) is 31.8 Å². The number of fused-ring (bicyclic) bond motifs is 2. The van der Waals surface area contributed by atoms with E-state index in [2.05, 4.69) is 26.1 Å². The van der Waals surface area contributed by atoms with E-state index >= 15 is 0 Å². The van der Waals surface area contributed by atoms with Crippen molar-refractivity contribution in [2.24, 2.45) is 16.7 Å². The van der Waals surface area contributed by atoms with Gasteiger partial charge in [0.2, 0.25) is 10.0 Å². The van der Waals surface area contributed by atoms with Gasteiger partial charge in [-0.3, -0.25) is 4.79 Å². The predicted molar refractivity (Wildman–Crippen MR) is 124 cm³/mol. The zero-order valence-corrected chi connectivity index (χ0v) is 20.9. The average Bonchev–Trinajstić information content (AvgIpc) is 3.28. The van der Waals surface area contributed by atoms with Gasteiger partial charge in [-0.25, -0.2) is 8.42 Å². The molecule has 2 saturated carbocycles. The lowest BCUT2D eigenvalue weighted by molar-refractivity contribution is 0.0727. The number of rotatable bonds is 8. The van der Waals surface area contributed by atoms with Gasteiger partial charge in [0.25, 0.3) is 5.91 Å². The van der Waals surface area contributed by atoms with Crippen LogP contribution >= 0.6 is 0 Å². The normalized spacial score (nSPS) is 29.2. The van der Waals surface area contributed by atoms with Gasteiger partial charge >= 0.3 is 0 Å². The van der Waals surface area contributed by atoms with E-state index in [1.165, 1.54) is 16.8 Å². The van der Waals surface area contributed by atoms with E-state index in [0.29, 0.717) is 31.3 Å². The average molecular weight is 481 g/mol. The molecular weight excluding hydrogens is 444 g/mol. The number of hydrogen-bond donors (Lipinski definition) is 1. The van der Waals surface area contributed by atoms with Crippen molar-refractivity contribution < 1.29 is 27.4 Å². The first-order valence-corrected chi connectivity index (χ1v) is 13.2. The minimum Gasteiger partial charge on any atom is -0.490 e. The van der Waals surface area contributed by atoms with E-state index < -0.39 is 10.0 Å². The summed E-state index contributed by atoms with van der Waals surface area (Å²) in [5.41, 5.74) is 0.410. The van der Waals surface area contributed by atoms with E-state index in [4.69, 9.17) is 14.2 Å². The Hall–Kier alpha value is -1.68. The van der Waals surface area contributed by atoms with Gasteiger partial charge in [0.1, 0.15) is 17.3 Å². The Bertz CT molecular complexity index is 984. The van der Waals surface area contributed by atoms with Crippen molar-refractivity contribution in [3.8, 4) is 5.75 Å². The standard InChI is InChI=1S/C24H36N2O6S/c1-23(2)18-7-8-24(3,16-18)22(23)25-21(27)17-5-6-19(32-14-13-30-4)20(15-17)33(28,29)26-9-11-31-12-10-26/h5-6,15,18,22H,7-14,16H2,1-4H3,(H,25,27)/t18-,22?,24-/m0/s1. The molecule has 8 nitrogen and oxygen atoms in total. The van der Waals surface area contributed by atoms with Gasteiger partial charge in [-0.15, -0.1) is 0 Å². The third-order valence-corrected chi connectivity index (χ3v) is 9.80. The van der Waals surface area contributed by atoms with E-state index in [0.717, 1.165) is 12.8 Å². The number of morpholine rings is 1. The number of amides is 1. The highest BCUT2D eigenvalue weighted by atomic mass is 32.2. The van der Waals surface area contributed by atoms with E-state index in [1.54, 1.807) is 19.2 Å². The van der Waals surface area contributed by atoms with Crippen molar-refractivity contribution in [2.45, 2.75) is 51.0 Å². The summed E-state index contributed by atoms with van der Waals surface area (Å²) in [6.07, 6.45) is 3.42. The first-order valence-electron chi connectivity index (χ1n) is 11.7. The Morgan fingerprint density at radius 3 is 2.58 bits per heavy atom. The summed E-state index contributed by atoms with van der Waals surface area (Å²) in [6.45, 7) is 8.49. The molecule has 9 heteroatoms. The predicted octanol–water partition coefficient (Wildman–Crippen LogP) is 2.68. The summed E-state index contributed by atoms with van der Waals surface area (Å²) < 4.78 is 44.3. The molecule has 1 unspecified atom stereocenters. The summed E-state index contributed by atoms with van der Waals surface area (Å²) in [7, 11) is -2.29. The minimum absolute atomic E-state index is 0.00608. The molecule has 1 saturated heterocycles. The van der Waals surface area contributed by atoms with Crippen molar-refractivity contribution in [2.75, 3.05) is 46.6 Å². The number of methoxy groups -OCH3 is 1. The number of ether oxygens (including phenoxy) is 3. The fourth-order valence-electron chi connectivity index (χ4n) is 6.01. The van der Waals surface area contributed by atoms with Crippen LogP contribution in [0.4, 0.5) is 0 Å².